The highest BCUT2D eigenvalue weighted by Crippen LogP contribution is 2.32. The number of ketones is 1. The van der Waals surface area contributed by atoms with Crippen LogP contribution in [0.1, 0.15) is 18.1 Å². The summed E-state index contributed by atoms with van der Waals surface area (Å²) in [5, 5.41) is 13.4. The average molecular weight is 359 g/mol. The van der Waals surface area contributed by atoms with E-state index in [9.17, 15) is 10.1 Å². The summed E-state index contributed by atoms with van der Waals surface area (Å²) in [6.45, 7) is 1.49. The van der Waals surface area contributed by atoms with Crippen LogP contribution in [0.15, 0.2) is 30.3 Å². The van der Waals surface area contributed by atoms with Crippen LogP contribution < -0.4 is 5.32 Å². The van der Waals surface area contributed by atoms with E-state index in [4.69, 9.17) is 23.2 Å². The zero-order chi connectivity index (χ0) is 17.3. The van der Waals surface area contributed by atoms with Crippen LogP contribution in [0.2, 0.25) is 10.0 Å². The summed E-state index contributed by atoms with van der Waals surface area (Å²) < 4.78 is 0. The SMILES string of the molecule is CC(=O)Cc1ccc2[nH]c(Nc3c(Cl)cccc3Cl)nc2c1C#N. The predicted molar refractivity (Wildman–Crippen MR) is 94.9 cm³/mol. The maximum Gasteiger partial charge on any atom is 0.205 e. The van der Waals surface area contributed by atoms with Crippen LogP contribution in [0.25, 0.3) is 11.0 Å². The molecule has 3 rings (SSSR count). The van der Waals surface area contributed by atoms with Gasteiger partial charge in [0.15, 0.2) is 0 Å². The summed E-state index contributed by atoms with van der Waals surface area (Å²) in [4.78, 5) is 18.8. The number of carbonyl (C=O) groups is 1. The molecule has 24 heavy (non-hydrogen) atoms. The number of hydrogen-bond donors (Lipinski definition) is 2. The van der Waals surface area contributed by atoms with E-state index in [1.807, 2.05) is 0 Å². The van der Waals surface area contributed by atoms with Gasteiger partial charge in [0.25, 0.3) is 0 Å². The first-order valence-corrected chi connectivity index (χ1v) is 7.87. The first-order valence-electron chi connectivity index (χ1n) is 7.11. The molecule has 0 radical (unpaired) electrons. The lowest BCUT2D eigenvalue weighted by molar-refractivity contribution is -0.116. The van der Waals surface area contributed by atoms with Crippen molar-refractivity contribution in [3.05, 3.63) is 51.5 Å². The van der Waals surface area contributed by atoms with Gasteiger partial charge in [0, 0.05) is 6.42 Å². The van der Waals surface area contributed by atoms with Gasteiger partial charge in [-0.2, -0.15) is 5.26 Å². The van der Waals surface area contributed by atoms with Gasteiger partial charge in [0.2, 0.25) is 5.95 Å². The topological polar surface area (TPSA) is 81.6 Å². The number of fused-ring (bicyclic) bond motifs is 1. The van der Waals surface area contributed by atoms with Crippen molar-refractivity contribution in [1.29, 1.82) is 5.26 Å². The molecule has 0 atom stereocenters. The number of aromatic amines is 1. The molecule has 2 N–H and O–H groups in total. The second-order valence-electron chi connectivity index (χ2n) is 5.29. The normalized spacial score (nSPS) is 10.6. The van der Waals surface area contributed by atoms with E-state index < -0.39 is 0 Å². The molecule has 0 amide bonds. The summed E-state index contributed by atoms with van der Waals surface area (Å²) >= 11 is 12.3. The molecule has 2 aromatic carbocycles. The van der Waals surface area contributed by atoms with E-state index in [-0.39, 0.29) is 12.2 Å². The number of Topliss-reactive ketones (excluding diaryl/α,β-unsaturated/α-hetero) is 1. The number of carbonyl (C=O) groups excluding carboxylic acids is 1. The second kappa shape index (κ2) is 6.52. The zero-order valence-electron chi connectivity index (χ0n) is 12.7. The van der Waals surface area contributed by atoms with Gasteiger partial charge < -0.3 is 10.3 Å². The van der Waals surface area contributed by atoms with Crippen molar-refractivity contribution in [3.63, 3.8) is 0 Å². The number of imidazole rings is 1. The minimum atomic E-state index is -0.0115. The summed E-state index contributed by atoms with van der Waals surface area (Å²) in [5.74, 6) is 0.402. The van der Waals surface area contributed by atoms with Gasteiger partial charge in [-0.1, -0.05) is 35.3 Å². The standard InChI is InChI=1S/C17H12Cl2N4O/c1-9(24)7-10-5-6-14-15(11(10)8-20)22-17(21-14)23-16-12(18)3-2-4-13(16)19/h2-6H,7H2,1H3,(H2,21,22,23). The molecule has 1 aromatic heterocycles. The van der Waals surface area contributed by atoms with Gasteiger partial charge in [0.05, 0.1) is 26.8 Å². The van der Waals surface area contributed by atoms with Gasteiger partial charge in [-0.15, -0.1) is 0 Å². The number of aromatic nitrogens is 2. The fraction of sp³-hybridized carbons (Fsp3) is 0.118. The number of nitrogens with zero attached hydrogens (tertiary/aromatic N) is 2. The van der Waals surface area contributed by atoms with E-state index >= 15 is 0 Å². The molecule has 0 aliphatic rings. The Morgan fingerprint density at radius 3 is 2.62 bits per heavy atom. The van der Waals surface area contributed by atoms with Crippen LogP contribution in [0.5, 0.6) is 0 Å². The van der Waals surface area contributed by atoms with Crippen molar-refractivity contribution < 1.29 is 4.79 Å². The molecule has 7 heteroatoms. The van der Waals surface area contributed by atoms with Crippen LogP contribution in [0, 0.1) is 11.3 Å². The van der Waals surface area contributed by atoms with Crippen molar-refractivity contribution in [2.75, 3.05) is 5.32 Å². The van der Waals surface area contributed by atoms with Crippen molar-refractivity contribution in [3.8, 4) is 6.07 Å². The minimum Gasteiger partial charge on any atom is -0.324 e. The molecule has 0 bridgehead atoms. The number of halogens is 2. The van der Waals surface area contributed by atoms with Crippen molar-refractivity contribution >= 4 is 51.7 Å². The van der Waals surface area contributed by atoms with Gasteiger partial charge >= 0.3 is 0 Å². The first-order chi connectivity index (χ1) is 11.5. The summed E-state index contributed by atoms with van der Waals surface area (Å²) in [6.07, 6.45) is 0.199. The highest BCUT2D eigenvalue weighted by Gasteiger charge is 2.14. The summed E-state index contributed by atoms with van der Waals surface area (Å²) in [5.41, 5.74) is 2.76. The number of para-hydroxylation sites is 1. The molecule has 0 saturated carbocycles. The van der Waals surface area contributed by atoms with E-state index in [0.717, 1.165) is 0 Å². The highest BCUT2D eigenvalue weighted by molar-refractivity contribution is 6.39. The van der Waals surface area contributed by atoms with Crippen molar-refractivity contribution in [2.24, 2.45) is 0 Å². The number of benzene rings is 2. The van der Waals surface area contributed by atoms with Gasteiger partial charge in [0.1, 0.15) is 17.4 Å². The summed E-state index contributed by atoms with van der Waals surface area (Å²) in [6, 6.07) is 10.8. The third-order valence-corrected chi connectivity index (χ3v) is 4.13. The van der Waals surface area contributed by atoms with Crippen molar-refractivity contribution in [1.82, 2.24) is 9.97 Å². The Kier molecular flexibility index (Phi) is 4.43. The molecule has 3 aromatic rings. The minimum absolute atomic E-state index is 0.0115. The average Bonchev–Trinajstić information content (AvgIpc) is 2.93. The maximum atomic E-state index is 11.4. The lowest BCUT2D eigenvalue weighted by atomic mass is 10.0. The van der Waals surface area contributed by atoms with E-state index in [1.165, 1.54) is 6.92 Å². The van der Waals surface area contributed by atoms with Gasteiger partial charge in [-0.05, 0) is 30.7 Å². The quantitative estimate of drug-likeness (QED) is 0.712. The van der Waals surface area contributed by atoms with Crippen LogP contribution in [0.4, 0.5) is 11.6 Å². The van der Waals surface area contributed by atoms with Crippen molar-refractivity contribution in [2.45, 2.75) is 13.3 Å². The smallest absolute Gasteiger partial charge is 0.205 e. The Labute approximate surface area is 148 Å². The van der Waals surface area contributed by atoms with Crippen LogP contribution >= 0.6 is 23.2 Å². The Morgan fingerprint density at radius 2 is 2.00 bits per heavy atom. The predicted octanol–water partition coefficient (Wildman–Crippen LogP) is 4.62. The molecule has 0 saturated heterocycles. The van der Waals surface area contributed by atoms with E-state index in [0.29, 0.717) is 43.8 Å². The number of hydrogen-bond acceptors (Lipinski definition) is 4. The molecule has 120 valence electrons. The highest BCUT2D eigenvalue weighted by atomic mass is 35.5. The monoisotopic (exact) mass is 358 g/mol. The fourth-order valence-electron chi connectivity index (χ4n) is 2.45. The molecular weight excluding hydrogens is 347 g/mol. The zero-order valence-corrected chi connectivity index (χ0v) is 14.2. The Hall–Kier alpha value is -2.55. The van der Waals surface area contributed by atoms with Crippen LogP contribution in [0.3, 0.4) is 0 Å². The van der Waals surface area contributed by atoms with Crippen LogP contribution in [-0.2, 0) is 11.2 Å². The molecule has 1 heterocycles. The number of rotatable bonds is 4. The largest absolute Gasteiger partial charge is 0.324 e. The lowest BCUT2D eigenvalue weighted by Crippen LogP contribution is -1.99. The van der Waals surface area contributed by atoms with Crippen LogP contribution in [-0.4, -0.2) is 15.8 Å². The molecular formula is C17H12Cl2N4O. The number of H-pyrrole nitrogens is 1. The van der Waals surface area contributed by atoms with Gasteiger partial charge in [-0.3, -0.25) is 4.79 Å². The molecule has 0 spiro atoms. The molecule has 0 aliphatic carbocycles. The third-order valence-electron chi connectivity index (χ3n) is 3.50. The lowest BCUT2D eigenvalue weighted by Gasteiger charge is -2.06. The Morgan fingerprint density at radius 1 is 1.29 bits per heavy atom. The number of anilines is 2. The molecule has 0 fully saturated rings. The van der Waals surface area contributed by atoms with Gasteiger partial charge in [-0.25, -0.2) is 4.98 Å². The second-order valence-corrected chi connectivity index (χ2v) is 6.11. The number of nitrogens with one attached hydrogen (secondary N) is 2. The maximum absolute atomic E-state index is 11.4. The molecule has 0 unspecified atom stereocenters. The molecule has 5 nitrogen and oxygen atoms in total. The Bertz CT molecular complexity index is 968. The Balaban J connectivity index is 2.06. The summed E-state index contributed by atoms with van der Waals surface area (Å²) in [7, 11) is 0. The van der Waals surface area contributed by atoms with E-state index in [2.05, 4.69) is 21.4 Å². The molecule has 0 aliphatic heterocycles. The fourth-order valence-corrected chi connectivity index (χ4v) is 2.94. The first kappa shape index (κ1) is 16.3. The number of nitriles is 1. The third kappa shape index (κ3) is 3.07. The van der Waals surface area contributed by atoms with E-state index in [1.54, 1.807) is 30.3 Å².